The van der Waals surface area contributed by atoms with E-state index in [2.05, 4.69) is 64.6 Å². The van der Waals surface area contributed by atoms with Crippen molar-refractivity contribution in [3.05, 3.63) is 72.1 Å². The molecule has 0 fully saturated rings. The fourth-order valence-corrected chi connectivity index (χ4v) is 2.42. The highest BCUT2D eigenvalue weighted by Crippen LogP contribution is 2.30. The third-order valence-electron chi connectivity index (χ3n) is 3.94. The van der Waals surface area contributed by atoms with Crippen molar-refractivity contribution in [1.82, 2.24) is 4.98 Å². The minimum atomic E-state index is 0.483. The SMILES string of the molecule is C=C/C=C\C(=C(/C)C(C)C)c1ncc(C)c2ccccc12.CC. The summed E-state index contributed by atoms with van der Waals surface area (Å²) in [4.78, 5) is 4.72. The number of fused-ring (bicyclic) bond motifs is 1. The predicted molar refractivity (Wildman–Crippen MR) is 105 cm³/mol. The van der Waals surface area contributed by atoms with Crippen LogP contribution in [0.15, 0.2) is 60.8 Å². The van der Waals surface area contributed by atoms with Crippen molar-refractivity contribution in [1.29, 1.82) is 0 Å². The second-order valence-corrected chi connectivity index (χ2v) is 5.68. The van der Waals surface area contributed by atoms with Gasteiger partial charge in [0.25, 0.3) is 0 Å². The van der Waals surface area contributed by atoms with Gasteiger partial charge in [-0.05, 0) is 36.3 Å². The molecule has 0 aliphatic rings. The number of nitrogens with zero attached hydrogens (tertiary/aromatic N) is 1. The molecule has 0 aliphatic heterocycles. The summed E-state index contributed by atoms with van der Waals surface area (Å²) in [5.41, 5.74) is 4.81. The Kier molecular flexibility index (Phi) is 7.47. The Labute approximate surface area is 141 Å². The highest BCUT2D eigenvalue weighted by Gasteiger charge is 2.12. The van der Waals surface area contributed by atoms with Crippen molar-refractivity contribution in [3.8, 4) is 0 Å². The summed E-state index contributed by atoms with van der Waals surface area (Å²) in [5, 5.41) is 2.48. The van der Waals surface area contributed by atoms with Gasteiger partial charge in [-0.1, -0.05) is 82.3 Å². The van der Waals surface area contributed by atoms with Gasteiger partial charge in [-0.3, -0.25) is 4.98 Å². The molecule has 1 aromatic carbocycles. The number of pyridine rings is 1. The lowest BCUT2D eigenvalue weighted by Crippen LogP contribution is -1.98. The molecule has 0 spiro atoms. The van der Waals surface area contributed by atoms with E-state index in [9.17, 15) is 0 Å². The Balaban J connectivity index is 0.00000127. The molecule has 0 radical (unpaired) electrons. The standard InChI is InChI=1S/C20H23N.C2H6/c1-6-7-10-18(16(5)14(2)3)20-19-12-9-8-11-17(19)15(4)13-21-20;1-2/h6-14H,1H2,2-5H3;1-2H3/b10-7-,18-16-;. The van der Waals surface area contributed by atoms with E-state index >= 15 is 0 Å². The summed E-state index contributed by atoms with van der Waals surface area (Å²) in [6, 6.07) is 8.47. The zero-order chi connectivity index (χ0) is 17.4. The monoisotopic (exact) mass is 307 g/mol. The first-order valence-corrected chi connectivity index (χ1v) is 8.40. The van der Waals surface area contributed by atoms with Crippen molar-refractivity contribution in [2.75, 3.05) is 0 Å². The average molecular weight is 307 g/mol. The smallest absolute Gasteiger partial charge is 0.0780 e. The number of rotatable bonds is 4. The fraction of sp³-hybridized carbons (Fsp3) is 0.318. The van der Waals surface area contributed by atoms with Crippen molar-refractivity contribution in [3.63, 3.8) is 0 Å². The number of aryl methyl sites for hydroxylation is 1. The van der Waals surface area contributed by atoms with E-state index in [1.165, 1.54) is 27.5 Å². The third kappa shape index (κ3) is 4.41. The Morgan fingerprint density at radius 3 is 2.30 bits per heavy atom. The van der Waals surface area contributed by atoms with Crippen LogP contribution in [0.2, 0.25) is 0 Å². The Bertz CT molecular complexity index is 718. The normalized spacial score (nSPS) is 12.1. The van der Waals surface area contributed by atoms with Gasteiger partial charge in [-0.15, -0.1) is 0 Å². The summed E-state index contributed by atoms with van der Waals surface area (Å²) in [5.74, 6) is 0.483. The zero-order valence-corrected chi connectivity index (χ0v) is 15.4. The maximum atomic E-state index is 4.72. The molecule has 23 heavy (non-hydrogen) atoms. The van der Waals surface area contributed by atoms with Crippen molar-refractivity contribution in [2.24, 2.45) is 5.92 Å². The number of allylic oxidation sites excluding steroid dienone is 5. The summed E-state index contributed by atoms with van der Waals surface area (Å²) < 4.78 is 0. The van der Waals surface area contributed by atoms with E-state index in [4.69, 9.17) is 4.98 Å². The van der Waals surface area contributed by atoms with Gasteiger partial charge in [0.15, 0.2) is 0 Å². The molecule has 1 nitrogen and oxygen atoms in total. The summed E-state index contributed by atoms with van der Waals surface area (Å²) >= 11 is 0. The lowest BCUT2D eigenvalue weighted by Gasteiger charge is -2.14. The van der Waals surface area contributed by atoms with Crippen molar-refractivity contribution >= 4 is 16.3 Å². The Morgan fingerprint density at radius 1 is 1.13 bits per heavy atom. The lowest BCUT2D eigenvalue weighted by molar-refractivity contribution is 0.772. The molecule has 1 aromatic heterocycles. The van der Waals surface area contributed by atoms with Gasteiger partial charge in [0, 0.05) is 11.6 Å². The van der Waals surface area contributed by atoms with Crippen LogP contribution in [0.3, 0.4) is 0 Å². The molecule has 122 valence electrons. The van der Waals surface area contributed by atoms with Gasteiger partial charge in [0.05, 0.1) is 5.69 Å². The summed E-state index contributed by atoms with van der Waals surface area (Å²) in [6.07, 6.45) is 7.88. The first-order valence-electron chi connectivity index (χ1n) is 8.40. The zero-order valence-electron chi connectivity index (χ0n) is 15.4. The highest BCUT2D eigenvalue weighted by molar-refractivity contribution is 5.96. The van der Waals surface area contributed by atoms with Gasteiger partial charge in [0.2, 0.25) is 0 Å². The summed E-state index contributed by atoms with van der Waals surface area (Å²) in [7, 11) is 0. The van der Waals surface area contributed by atoms with E-state index in [0.29, 0.717) is 5.92 Å². The molecule has 0 atom stereocenters. The quantitative estimate of drug-likeness (QED) is 0.570. The molecular weight excluding hydrogens is 278 g/mol. The topological polar surface area (TPSA) is 12.9 Å². The molecule has 0 aliphatic carbocycles. The van der Waals surface area contributed by atoms with Gasteiger partial charge in [-0.25, -0.2) is 0 Å². The highest BCUT2D eigenvalue weighted by atomic mass is 14.7. The molecule has 0 N–H and O–H groups in total. The maximum absolute atomic E-state index is 4.72. The molecule has 1 heterocycles. The molecular formula is C22H29N. The van der Waals surface area contributed by atoms with E-state index in [1.807, 2.05) is 32.2 Å². The number of hydrogen-bond donors (Lipinski definition) is 0. The van der Waals surface area contributed by atoms with E-state index in [0.717, 1.165) is 5.69 Å². The van der Waals surface area contributed by atoms with E-state index in [1.54, 1.807) is 0 Å². The van der Waals surface area contributed by atoms with E-state index in [-0.39, 0.29) is 0 Å². The maximum Gasteiger partial charge on any atom is 0.0780 e. The molecule has 2 aromatic rings. The molecule has 0 amide bonds. The number of hydrogen-bond acceptors (Lipinski definition) is 1. The van der Waals surface area contributed by atoms with Crippen LogP contribution in [0.1, 0.15) is 45.9 Å². The molecule has 0 bridgehead atoms. The lowest BCUT2D eigenvalue weighted by atomic mass is 9.93. The molecule has 0 saturated carbocycles. The molecule has 1 heteroatoms. The minimum absolute atomic E-state index is 0.483. The van der Waals surface area contributed by atoms with Crippen LogP contribution < -0.4 is 0 Å². The van der Waals surface area contributed by atoms with Crippen molar-refractivity contribution in [2.45, 2.75) is 41.5 Å². The van der Waals surface area contributed by atoms with Crippen LogP contribution in [0.25, 0.3) is 16.3 Å². The Hall–Kier alpha value is -2.15. The van der Waals surface area contributed by atoms with Gasteiger partial charge >= 0.3 is 0 Å². The largest absolute Gasteiger partial charge is 0.255 e. The van der Waals surface area contributed by atoms with Gasteiger partial charge in [-0.2, -0.15) is 0 Å². The second kappa shape index (κ2) is 9.09. The second-order valence-electron chi connectivity index (χ2n) is 5.68. The van der Waals surface area contributed by atoms with Crippen LogP contribution in [-0.4, -0.2) is 4.98 Å². The first-order chi connectivity index (χ1) is 11.1. The predicted octanol–water partition coefficient (Wildman–Crippen LogP) is 6.74. The molecule has 0 saturated heterocycles. The first kappa shape index (κ1) is 18.9. The third-order valence-corrected chi connectivity index (χ3v) is 3.94. The van der Waals surface area contributed by atoms with E-state index < -0.39 is 0 Å². The minimum Gasteiger partial charge on any atom is -0.255 e. The van der Waals surface area contributed by atoms with Crippen LogP contribution in [-0.2, 0) is 0 Å². The number of benzene rings is 1. The number of aromatic nitrogens is 1. The molecule has 0 unspecified atom stereocenters. The van der Waals surface area contributed by atoms with Crippen molar-refractivity contribution < 1.29 is 0 Å². The van der Waals surface area contributed by atoms with Crippen LogP contribution in [0.5, 0.6) is 0 Å². The fourth-order valence-electron chi connectivity index (χ4n) is 2.42. The summed E-state index contributed by atoms with van der Waals surface area (Å²) in [6.45, 7) is 16.5. The molecule has 2 rings (SSSR count). The Morgan fingerprint density at radius 2 is 1.74 bits per heavy atom. The average Bonchev–Trinajstić information content (AvgIpc) is 2.58. The van der Waals surface area contributed by atoms with Gasteiger partial charge in [0.1, 0.15) is 0 Å². The van der Waals surface area contributed by atoms with Crippen LogP contribution in [0, 0.1) is 12.8 Å². The van der Waals surface area contributed by atoms with Crippen LogP contribution in [0.4, 0.5) is 0 Å². The van der Waals surface area contributed by atoms with Crippen LogP contribution >= 0.6 is 0 Å². The van der Waals surface area contributed by atoms with Gasteiger partial charge < -0.3 is 0 Å².